The highest BCUT2D eigenvalue weighted by molar-refractivity contribution is 4.85. The van der Waals surface area contributed by atoms with E-state index in [2.05, 4.69) is 0 Å². The van der Waals surface area contributed by atoms with Crippen molar-refractivity contribution >= 4 is 0 Å². The summed E-state index contributed by atoms with van der Waals surface area (Å²) < 4.78 is 35.0. The summed E-state index contributed by atoms with van der Waals surface area (Å²) in [5.74, 6) is 0. The van der Waals surface area contributed by atoms with Gasteiger partial charge in [0.1, 0.15) is 0 Å². The van der Waals surface area contributed by atoms with Crippen molar-refractivity contribution in [2.24, 2.45) is 0 Å². The van der Waals surface area contributed by atoms with Gasteiger partial charge < -0.3 is 5.11 Å². The van der Waals surface area contributed by atoms with Gasteiger partial charge in [-0.25, -0.2) is 0 Å². The molecule has 0 aliphatic carbocycles. The van der Waals surface area contributed by atoms with E-state index < -0.39 is 18.2 Å². The zero-order valence-electron chi connectivity index (χ0n) is 7.36. The molecule has 0 saturated carbocycles. The van der Waals surface area contributed by atoms with Crippen LogP contribution in [-0.2, 0) is 0 Å². The molecule has 1 N–H and O–H groups in total. The van der Waals surface area contributed by atoms with Crippen LogP contribution in [0.15, 0.2) is 0 Å². The van der Waals surface area contributed by atoms with Crippen molar-refractivity contribution < 1.29 is 18.3 Å². The Morgan fingerprint density at radius 1 is 1.31 bits per heavy atom. The van der Waals surface area contributed by atoms with E-state index in [0.29, 0.717) is 0 Å². The van der Waals surface area contributed by atoms with Gasteiger partial charge in [-0.05, 0) is 19.8 Å². The molecule has 1 atom stereocenters. The lowest BCUT2D eigenvalue weighted by Gasteiger charge is -2.19. The predicted octanol–water partition coefficient (Wildman–Crippen LogP) is 2.38. The third kappa shape index (κ3) is 7.60. The third-order valence-electron chi connectivity index (χ3n) is 1.64. The molecule has 0 radical (unpaired) electrons. The van der Waals surface area contributed by atoms with Crippen LogP contribution in [0.2, 0.25) is 0 Å². The fourth-order valence-electron chi connectivity index (χ4n) is 0.928. The van der Waals surface area contributed by atoms with Crippen molar-refractivity contribution in [3.8, 4) is 6.07 Å². The summed E-state index contributed by atoms with van der Waals surface area (Å²) in [7, 11) is 0. The van der Waals surface area contributed by atoms with Gasteiger partial charge in [0.05, 0.1) is 18.1 Å². The summed E-state index contributed by atoms with van der Waals surface area (Å²) >= 11 is 0. The first-order chi connectivity index (χ1) is 5.77. The molecule has 0 saturated heterocycles. The number of aliphatic hydroxyl groups is 1. The van der Waals surface area contributed by atoms with E-state index in [1.807, 2.05) is 0 Å². The lowest BCUT2D eigenvalue weighted by atomic mass is 9.96. The second-order valence-corrected chi connectivity index (χ2v) is 3.30. The highest BCUT2D eigenvalue weighted by Gasteiger charge is 2.28. The first kappa shape index (κ1) is 12.2. The van der Waals surface area contributed by atoms with Crippen LogP contribution in [0.3, 0.4) is 0 Å². The predicted molar refractivity (Wildman–Crippen MR) is 40.8 cm³/mol. The molecule has 1 unspecified atom stereocenters. The second-order valence-electron chi connectivity index (χ2n) is 3.30. The van der Waals surface area contributed by atoms with Crippen LogP contribution in [0.1, 0.15) is 32.6 Å². The highest BCUT2D eigenvalue weighted by atomic mass is 19.4. The molecule has 0 aromatic carbocycles. The summed E-state index contributed by atoms with van der Waals surface area (Å²) in [5, 5.41) is 17.6. The Balaban J connectivity index is 3.71. The van der Waals surface area contributed by atoms with Gasteiger partial charge >= 0.3 is 6.18 Å². The molecular formula is C8H12F3NO. The van der Waals surface area contributed by atoms with E-state index in [0.717, 1.165) is 0 Å². The lowest BCUT2D eigenvalue weighted by molar-refractivity contribution is -0.137. The molecule has 0 rings (SSSR count). The number of halogens is 3. The van der Waals surface area contributed by atoms with Crippen molar-refractivity contribution in [1.29, 1.82) is 5.26 Å². The van der Waals surface area contributed by atoms with E-state index in [4.69, 9.17) is 5.26 Å². The molecule has 0 aromatic heterocycles. The van der Waals surface area contributed by atoms with Crippen molar-refractivity contribution in [2.75, 3.05) is 0 Å². The quantitative estimate of drug-likeness (QED) is 0.748. The lowest BCUT2D eigenvalue weighted by Crippen LogP contribution is -2.23. The average molecular weight is 195 g/mol. The summed E-state index contributed by atoms with van der Waals surface area (Å²) in [6, 6.07) is 1.72. The molecule has 0 spiro atoms. The average Bonchev–Trinajstić information content (AvgIpc) is 1.82. The van der Waals surface area contributed by atoms with Crippen molar-refractivity contribution in [1.82, 2.24) is 0 Å². The second kappa shape index (κ2) is 4.47. The van der Waals surface area contributed by atoms with Crippen molar-refractivity contribution in [2.45, 2.75) is 44.4 Å². The highest BCUT2D eigenvalue weighted by Crippen LogP contribution is 2.25. The Morgan fingerprint density at radius 3 is 2.23 bits per heavy atom. The Kier molecular flexibility index (Phi) is 4.21. The van der Waals surface area contributed by atoms with E-state index in [9.17, 15) is 18.3 Å². The summed E-state index contributed by atoms with van der Waals surface area (Å²) in [6.07, 6.45) is -5.36. The van der Waals surface area contributed by atoms with E-state index in [1.54, 1.807) is 6.07 Å². The Bertz CT molecular complexity index is 193. The van der Waals surface area contributed by atoms with Crippen LogP contribution in [-0.4, -0.2) is 16.9 Å². The maximum atomic E-state index is 11.7. The monoisotopic (exact) mass is 195 g/mol. The third-order valence-corrected chi connectivity index (χ3v) is 1.64. The fraction of sp³-hybridized carbons (Fsp3) is 0.875. The SMILES string of the molecule is CC(O)(CC#N)CCCC(F)(F)F. The Morgan fingerprint density at radius 2 is 1.85 bits per heavy atom. The van der Waals surface area contributed by atoms with Gasteiger partial charge in [-0.2, -0.15) is 18.4 Å². The molecule has 13 heavy (non-hydrogen) atoms. The van der Waals surface area contributed by atoms with Gasteiger partial charge in [0.2, 0.25) is 0 Å². The first-order valence-electron chi connectivity index (χ1n) is 3.93. The van der Waals surface area contributed by atoms with Crippen LogP contribution >= 0.6 is 0 Å². The number of hydrogen-bond donors (Lipinski definition) is 1. The van der Waals surface area contributed by atoms with Gasteiger partial charge in [-0.15, -0.1) is 0 Å². The minimum Gasteiger partial charge on any atom is -0.389 e. The van der Waals surface area contributed by atoms with Crippen molar-refractivity contribution in [3.05, 3.63) is 0 Å². The van der Waals surface area contributed by atoms with Gasteiger partial charge in [-0.1, -0.05) is 0 Å². The molecule has 0 fully saturated rings. The largest absolute Gasteiger partial charge is 0.389 e. The minimum absolute atomic E-state index is 0.0000694. The van der Waals surface area contributed by atoms with Gasteiger partial charge in [-0.3, -0.25) is 0 Å². The normalized spacial score (nSPS) is 16.3. The Labute approximate surface area is 75.0 Å². The van der Waals surface area contributed by atoms with Crippen LogP contribution in [0.4, 0.5) is 13.2 Å². The molecule has 0 bridgehead atoms. The summed E-state index contributed by atoms with van der Waals surface area (Å²) in [6.45, 7) is 1.37. The molecule has 0 heterocycles. The maximum Gasteiger partial charge on any atom is 0.389 e. The van der Waals surface area contributed by atoms with E-state index in [1.165, 1.54) is 6.92 Å². The zero-order chi connectivity index (χ0) is 10.5. The molecule has 5 heteroatoms. The number of nitrogens with zero attached hydrogens (tertiary/aromatic N) is 1. The Hall–Kier alpha value is -0.760. The van der Waals surface area contributed by atoms with Gasteiger partial charge in [0, 0.05) is 6.42 Å². The molecule has 2 nitrogen and oxygen atoms in total. The van der Waals surface area contributed by atoms with Crippen molar-refractivity contribution in [3.63, 3.8) is 0 Å². The first-order valence-corrected chi connectivity index (χ1v) is 3.93. The standard InChI is InChI=1S/C8H12F3NO/c1-7(13,5-6-12)3-2-4-8(9,10)11/h13H,2-5H2,1H3. The van der Waals surface area contributed by atoms with Crippen LogP contribution in [0.5, 0.6) is 0 Å². The molecule has 0 aliphatic heterocycles. The van der Waals surface area contributed by atoms with Crippen LogP contribution in [0, 0.1) is 11.3 Å². The van der Waals surface area contributed by atoms with Crippen LogP contribution in [0.25, 0.3) is 0 Å². The number of hydrogen-bond acceptors (Lipinski definition) is 2. The molecular weight excluding hydrogens is 183 g/mol. The maximum absolute atomic E-state index is 11.7. The van der Waals surface area contributed by atoms with Gasteiger partial charge in [0.15, 0.2) is 0 Å². The smallest absolute Gasteiger partial charge is 0.389 e. The molecule has 76 valence electrons. The summed E-state index contributed by atoms with van der Waals surface area (Å²) in [5.41, 5.74) is -1.29. The number of rotatable bonds is 4. The topological polar surface area (TPSA) is 44.0 Å². The van der Waals surface area contributed by atoms with E-state index in [-0.39, 0.29) is 19.3 Å². The van der Waals surface area contributed by atoms with Gasteiger partial charge in [0.25, 0.3) is 0 Å². The number of alkyl halides is 3. The fourth-order valence-corrected chi connectivity index (χ4v) is 0.928. The molecule has 0 aliphatic rings. The minimum atomic E-state index is -4.18. The molecule has 0 aromatic rings. The number of nitriles is 1. The molecule has 0 amide bonds. The van der Waals surface area contributed by atoms with E-state index >= 15 is 0 Å². The van der Waals surface area contributed by atoms with Crippen LogP contribution < -0.4 is 0 Å². The zero-order valence-corrected chi connectivity index (χ0v) is 7.36. The summed E-state index contributed by atoms with van der Waals surface area (Å²) in [4.78, 5) is 0.